The summed E-state index contributed by atoms with van der Waals surface area (Å²) in [5.74, 6) is 0.484. The maximum atomic E-state index is 11.5. The predicted octanol–water partition coefficient (Wildman–Crippen LogP) is 0.962. The third-order valence-corrected chi connectivity index (χ3v) is 3.78. The molecule has 3 N–H and O–H groups in total. The van der Waals surface area contributed by atoms with Gasteiger partial charge < -0.3 is 16.0 Å². The Kier molecular flexibility index (Phi) is 5.40. The highest BCUT2D eigenvalue weighted by molar-refractivity contribution is 5.84. The highest BCUT2D eigenvalue weighted by Crippen LogP contribution is 2.36. The molecule has 0 aromatic rings. The molecule has 1 aliphatic rings. The fourth-order valence-electron chi connectivity index (χ4n) is 2.19. The third kappa shape index (κ3) is 4.64. The van der Waals surface area contributed by atoms with Gasteiger partial charge in [0.15, 0.2) is 0 Å². The molecule has 0 spiro atoms. The SMILES string of the molecule is CCN(CC)CCNC(C)(CC1CC1)C(N)=O. The average Bonchev–Trinajstić information content (AvgIpc) is 3.08. The van der Waals surface area contributed by atoms with E-state index in [0.717, 1.165) is 32.6 Å². The molecule has 0 saturated heterocycles. The van der Waals surface area contributed by atoms with Crippen molar-refractivity contribution in [2.75, 3.05) is 26.2 Å². The van der Waals surface area contributed by atoms with Crippen molar-refractivity contribution in [3.63, 3.8) is 0 Å². The van der Waals surface area contributed by atoms with Crippen LogP contribution < -0.4 is 11.1 Å². The van der Waals surface area contributed by atoms with Gasteiger partial charge in [-0.15, -0.1) is 0 Å². The van der Waals surface area contributed by atoms with Crippen LogP contribution in [-0.2, 0) is 4.79 Å². The number of nitrogens with two attached hydrogens (primary N) is 1. The molecular formula is C13H27N3O. The summed E-state index contributed by atoms with van der Waals surface area (Å²) in [6.45, 7) is 10.1. The predicted molar refractivity (Wildman–Crippen MR) is 70.7 cm³/mol. The van der Waals surface area contributed by atoms with Crippen molar-refractivity contribution in [2.45, 2.75) is 45.6 Å². The standard InChI is InChI=1S/C13H27N3O/c1-4-16(5-2)9-8-15-13(3,12(14)17)10-11-6-7-11/h11,15H,4-10H2,1-3H3,(H2,14,17). The van der Waals surface area contributed by atoms with Gasteiger partial charge in [0.2, 0.25) is 5.91 Å². The van der Waals surface area contributed by atoms with Crippen LogP contribution in [0.1, 0.15) is 40.0 Å². The lowest BCUT2D eigenvalue weighted by Gasteiger charge is -2.29. The lowest BCUT2D eigenvalue weighted by molar-refractivity contribution is -0.124. The van der Waals surface area contributed by atoms with E-state index >= 15 is 0 Å². The fraction of sp³-hybridized carbons (Fsp3) is 0.923. The quantitative estimate of drug-likeness (QED) is 0.632. The molecule has 17 heavy (non-hydrogen) atoms. The van der Waals surface area contributed by atoms with Gasteiger partial charge in [0.25, 0.3) is 0 Å². The number of nitrogens with zero attached hydrogens (tertiary/aromatic N) is 1. The van der Waals surface area contributed by atoms with E-state index in [2.05, 4.69) is 24.1 Å². The summed E-state index contributed by atoms with van der Waals surface area (Å²) in [5.41, 5.74) is 4.99. The number of hydrogen-bond donors (Lipinski definition) is 2. The van der Waals surface area contributed by atoms with Crippen LogP contribution in [0.15, 0.2) is 0 Å². The number of amides is 1. The van der Waals surface area contributed by atoms with Crippen molar-refractivity contribution in [3.05, 3.63) is 0 Å². The number of carbonyl (C=O) groups excluding carboxylic acids is 1. The molecule has 0 aromatic heterocycles. The topological polar surface area (TPSA) is 58.4 Å². The Labute approximate surface area is 105 Å². The van der Waals surface area contributed by atoms with Crippen LogP contribution in [0.4, 0.5) is 0 Å². The molecular weight excluding hydrogens is 214 g/mol. The van der Waals surface area contributed by atoms with Crippen LogP contribution in [0.3, 0.4) is 0 Å². The third-order valence-electron chi connectivity index (χ3n) is 3.78. The minimum atomic E-state index is -0.520. The molecule has 0 aromatic carbocycles. The van der Waals surface area contributed by atoms with Gasteiger partial charge in [0.05, 0.1) is 5.54 Å². The lowest BCUT2D eigenvalue weighted by atomic mass is 9.94. The summed E-state index contributed by atoms with van der Waals surface area (Å²) in [6, 6.07) is 0. The number of carbonyl (C=O) groups is 1. The first kappa shape index (κ1) is 14.5. The molecule has 4 heteroatoms. The smallest absolute Gasteiger partial charge is 0.237 e. The molecule has 0 radical (unpaired) electrons. The van der Waals surface area contributed by atoms with Gasteiger partial charge >= 0.3 is 0 Å². The summed E-state index contributed by atoms with van der Waals surface area (Å²) in [7, 11) is 0. The van der Waals surface area contributed by atoms with E-state index in [-0.39, 0.29) is 5.91 Å². The summed E-state index contributed by atoms with van der Waals surface area (Å²) < 4.78 is 0. The first-order valence-corrected chi connectivity index (χ1v) is 6.79. The van der Waals surface area contributed by atoms with E-state index in [1.54, 1.807) is 0 Å². The van der Waals surface area contributed by atoms with Crippen molar-refractivity contribution >= 4 is 5.91 Å². The van der Waals surface area contributed by atoms with Gasteiger partial charge in [-0.2, -0.15) is 0 Å². The zero-order chi connectivity index (χ0) is 12.9. The summed E-state index contributed by atoms with van der Waals surface area (Å²) in [6.07, 6.45) is 3.39. The number of rotatable bonds is 9. The second-order valence-corrected chi connectivity index (χ2v) is 5.30. The first-order valence-electron chi connectivity index (χ1n) is 6.79. The van der Waals surface area contributed by atoms with Crippen LogP contribution in [-0.4, -0.2) is 42.5 Å². The van der Waals surface area contributed by atoms with E-state index in [4.69, 9.17) is 5.73 Å². The summed E-state index contributed by atoms with van der Waals surface area (Å²) in [4.78, 5) is 13.9. The van der Waals surface area contributed by atoms with Crippen LogP contribution in [0.25, 0.3) is 0 Å². The van der Waals surface area contributed by atoms with Crippen LogP contribution in [0, 0.1) is 5.92 Å². The van der Waals surface area contributed by atoms with E-state index in [0.29, 0.717) is 5.92 Å². The molecule has 1 saturated carbocycles. The Morgan fingerprint density at radius 1 is 1.41 bits per heavy atom. The van der Waals surface area contributed by atoms with Gasteiger partial charge in [-0.25, -0.2) is 0 Å². The Morgan fingerprint density at radius 3 is 2.41 bits per heavy atom. The van der Waals surface area contributed by atoms with Crippen LogP contribution in [0.5, 0.6) is 0 Å². The average molecular weight is 241 g/mol. The Bertz CT molecular complexity index is 249. The highest BCUT2D eigenvalue weighted by Gasteiger charge is 2.37. The summed E-state index contributed by atoms with van der Waals surface area (Å²) >= 11 is 0. The lowest BCUT2D eigenvalue weighted by Crippen LogP contribution is -2.55. The van der Waals surface area contributed by atoms with Crippen LogP contribution >= 0.6 is 0 Å². The molecule has 0 aliphatic heterocycles. The van der Waals surface area contributed by atoms with E-state index < -0.39 is 5.54 Å². The number of nitrogens with one attached hydrogen (secondary N) is 1. The van der Waals surface area contributed by atoms with Gasteiger partial charge in [-0.05, 0) is 32.4 Å². The van der Waals surface area contributed by atoms with Gasteiger partial charge in [0, 0.05) is 13.1 Å². The molecule has 0 bridgehead atoms. The molecule has 4 nitrogen and oxygen atoms in total. The number of likely N-dealkylation sites (N-methyl/N-ethyl adjacent to an activating group) is 1. The second kappa shape index (κ2) is 6.36. The maximum absolute atomic E-state index is 11.5. The minimum absolute atomic E-state index is 0.219. The normalized spacial score (nSPS) is 19.3. The molecule has 1 unspecified atom stereocenters. The zero-order valence-electron chi connectivity index (χ0n) is 11.5. The Balaban J connectivity index is 2.35. The van der Waals surface area contributed by atoms with Gasteiger partial charge in [-0.3, -0.25) is 4.79 Å². The molecule has 0 heterocycles. The number of primary amides is 1. The van der Waals surface area contributed by atoms with Crippen molar-refractivity contribution in [1.29, 1.82) is 0 Å². The van der Waals surface area contributed by atoms with E-state index in [9.17, 15) is 4.79 Å². The molecule has 1 aliphatic carbocycles. The van der Waals surface area contributed by atoms with Crippen LogP contribution in [0.2, 0.25) is 0 Å². The monoisotopic (exact) mass is 241 g/mol. The van der Waals surface area contributed by atoms with Crippen molar-refractivity contribution in [1.82, 2.24) is 10.2 Å². The zero-order valence-corrected chi connectivity index (χ0v) is 11.5. The molecule has 1 rings (SSSR count). The molecule has 1 amide bonds. The summed E-state index contributed by atoms with van der Waals surface area (Å²) in [5, 5.41) is 3.35. The highest BCUT2D eigenvalue weighted by atomic mass is 16.1. The van der Waals surface area contributed by atoms with Gasteiger partial charge in [-0.1, -0.05) is 26.7 Å². The first-order chi connectivity index (χ1) is 8.01. The Hall–Kier alpha value is -0.610. The molecule has 1 atom stereocenters. The van der Waals surface area contributed by atoms with E-state index in [1.165, 1.54) is 12.8 Å². The van der Waals surface area contributed by atoms with Crippen molar-refractivity contribution in [2.24, 2.45) is 11.7 Å². The van der Waals surface area contributed by atoms with Crippen molar-refractivity contribution < 1.29 is 4.79 Å². The maximum Gasteiger partial charge on any atom is 0.237 e. The van der Waals surface area contributed by atoms with Crippen molar-refractivity contribution in [3.8, 4) is 0 Å². The fourth-order valence-corrected chi connectivity index (χ4v) is 2.19. The molecule has 1 fully saturated rings. The van der Waals surface area contributed by atoms with E-state index in [1.807, 2.05) is 6.92 Å². The van der Waals surface area contributed by atoms with Gasteiger partial charge in [0.1, 0.15) is 0 Å². The largest absolute Gasteiger partial charge is 0.368 e. The molecule has 100 valence electrons. The second-order valence-electron chi connectivity index (χ2n) is 5.30. The minimum Gasteiger partial charge on any atom is -0.368 e. The Morgan fingerprint density at radius 2 is 2.00 bits per heavy atom. The number of hydrogen-bond acceptors (Lipinski definition) is 3.